The van der Waals surface area contributed by atoms with Gasteiger partial charge in [-0.3, -0.25) is 10.2 Å². The summed E-state index contributed by atoms with van der Waals surface area (Å²) in [4.78, 5) is 13.2. The van der Waals surface area contributed by atoms with Crippen molar-refractivity contribution in [3.8, 4) is 0 Å². The number of carbonyl (C=O) groups excluding carboxylic acids is 1. The van der Waals surface area contributed by atoms with E-state index in [0.29, 0.717) is 19.4 Å². The second kappa shape index (κ2) is 18.7. The Morgan fingerprint density at radius 2 is 1.58 bits per heavy atom. The fourth-order valence-corrected chi connectivity index (χ4v) is 6.14. The van der Waals surface area contributed by atoms with Crippen molar-refractivity contribution in [2.75, 3.05) is 26.2 Å². The van der Waals surface area contributed by atoms with Crippen molar-refractivity contribution >= 4 is 11.9 Å². The lowest BCUT2D eigenvalue weighted by Crippen LogP contribution is -2.71. The molecule has 0 spiro atoms. The van der Waals surface area contributed by atoms with Crippen LogP contribution in [0.3, 0.4) is 0 Å². The number of nitrogens with two attached hydrogens (primary N) is 4. The summed E-state index contributed by atoms with van der Waals surface area (Å²) >= 11 is 0. The highest BCUT2D eigenvalue weighted by atomic mass is 16.7. The number of hydrogen-bond donors (Lipinski definition) is 17. The van der Waals surface area contributed by atoms with Gasteiger partial charge in [0.1, 0.15) is 61.0 Å². The molecule has 3 unspecified atom stereocenters. The van der Waals surface area contributed by atoms with Crippen molar-refractivity contribution in [2.24, 2.45) is 22.9 Å². The molecule has 50 heavy (non-hydrogen) atoms. The van der Waals surface area contributed by atoms with Crippen LogP contribution in [0, 0.1) is 5.41 Å². The minimum Gasteiger partial charge on any atom is -0.394 e. The number of amides is 1. The first kappa shape index (κ1) is 42.5. The lowest BCUT2D eigenvalue weighted by molar-refractivity contribution is -0.333. The van der Waals surface area contributed by atoms with E-state index in [0.717, 1.165) is 0 Å². The molecule has 22 heteroatoms. The Morgan fingerprint density at radius 3 is 2.18 bits per heavy atom. The van der Waals surface area contributed by atoms with Gasteiger partial charge < -0.3 is 104 Å². The molecule has 2 aliphatic heterocycles. The van der Waals surface area contributed by atoms with Gasteiger partial charge in [-0.15, -0.1) is 0 Å². The number of nitrogens with one attached hydrogen (secondary N) is 4. The Hall–Kier alpha value is -1.94. The highest BCUT2D eigenvalue weighted by Gasteiger charge is 2.53. The topological polar surface area (TPSA) is 400 Å². The van der Waals surface area contributed by atoms with Crippen molar-refractivity contribution in [1.82, 2.24) is 16.0 Å². The summed E-state index contributed by atoms with van der Waals surface area (Å²) in [5.41, 5.74) is 20.7. The summed E-state index contributed by atoms with van der Waals surface area (Å²) in [6.45, 7) is 1.12. The predicted octanol–water partition coefficient (Wildman–Crippen LogP) is -8.82. The Bertz CT molecular complexity index is 1090. The Kier molecular flexibility index (Phi) is 15.9. The lowest BCUT2D eigenvalue weighted by Gasteiger charge is -2.49. The van der Waals surface area contributed by atoms with E-state index in [1.165, 1.54) is 6.92 Å². The van der Waals surface area contributed by atoms with Crippen molar-refractivity contribution in [2.45, 2.75) is 136 Å². The predicted molar refractivity (Wildman–Crippen MR) is 170 cm³/mol. The highest BCUT2D eigenvalue weighted by molar-refractivity contribution is 5.89. The zero-order valence-corrected chi connectivity index (χ0v) is 27.8. The van der Waals surface area contributed by atoms with Crippen LogP contribution in [0.25, 0.3) is 0 Å². The second-order valence-electron chi connectivity index (χ2n) is 13.0. The summed E-state index contributed by atoms with van der Waals surface area (Å²) in [7, 11) is 0. The van der Waals surface area contributed by atoms with Crippen molar-refractivity contribution in [3.63, 3.8) is 0 Å². The van der Waals surface area contributed by atoms with Gasteiger partial charge in [-0.25, -0.2) is 0 Å². The second-order valence-corrected chi connectivity index (χ2v) is 13.0. The number of aliphatic hydroxyl groups excluding tert-OH is 8. The molecule has 0 bridgehead atoms. The molecule has 0 radical (unpaired) electrons. The van der Waals surface area contributed by atoms with E-state index >= 15 is 0 Å². The van der Waals surface area contributed by atoms with Crippen LogP contribution in [0.15, 0.2) is 0 Å². The van der Waals surface area contributed by atoms with Gasteiger partial charge in [-0.2, -0.15) is 0 Å². The van der Waals surface area contributed by atoms with Gasteiger partial charge in [0, 0.05) is 25.6 Å². The third-order valence-corrected chi connectivity index (χ3v) is 9.22. The van der Waals surface area contributed by atoms with Gasteiger partial charge in [-0.05, 0) is 25.8 Å². The molecular weight excluding hydrogens is 672 g/mol. The molecule has 3 fully saturated rings. The van der Waals surface area contributed by atoms with E-state index in [1.54, 1.807) is 0 Å². The average Bonchev–Trinajstić information content (AvgIpc) is 3.07. The normalized spacial score (nSPS) is 41.2. The van der Waals surface area contributed by atoms with E-state index in [-0.39, 0.29) is 25.9 Å². The van der Waals surface area contributed by atoms with Crippen LogP contribution in [-0.2, 0) is 23.7 Å². The smallest absolute Gasteiger partial charge is 0.273 e. The third kappa shape index (κ3) is 10.1. The molecule has 3 aliphatic rings. The molecule has 2 saturated heterocycles. The highest BCUT2D eigenvalue weighted by Crippen LogP contribution is 2.32. The number of aliphatic hydroxyl groups is 9. The molecule has 22 nitrogen and oxygen atoms in total. The molecule has 3 rings (SSSR count). The molecule has 1 aliphatic carbocycles. The van der Waals surface area contributed by atoms with Gasteiger partial charge in [0.05, 0.1) is 24.8 Å². The molecule has 292 valence electrons. The van der Waals surface area contributed by atoms with Gasteiger partial charge in [0.2, 0.25) is 5.72 Å². The third-order valence-electron chi connectivity index (χ3n) is 9.22. The van der Waals surface area contributed by atoms with E-state index in [9.17, 15) is 50.8 Å². The minimum atomic E-state index is -2.38. The van der Waals surface area contributed by atoms with Crippen LogP contribution >= 0.6 is 0 Å². The van der Waals surface area contributed by atoms with E-state index < -0.39 is 122 Å². The number of guanidine groups is 1. The van der Waals surface area contributed by atoms with Crippen LogP contribution in [0.5, 0.6) is 0 Å². The standard InChI is InChI=1S/C28H56N8O14/c1-2-28(46,36-27(32)33)26(45)35-12-6-11(30)22(21(44)23(12)50-24-18(41)15(31)16(39)14(9-37)48-24)49-25-20(43)19(42)17(40)13(47-25)8-34-7-10(38)4-3-5-29/h10-25,34,37-44,46H,2-9,29-31H2,1H3,(H,35,45)(H4,32,33,36)/t10?,11-,12+,13+,14+,15-,16+,17+,18+,19-,20+,21-,22?,23-,24+,25+,28?/m0/s1. The fourth-order valence-electron chi connectivity index (χ4n) is 6.14. The number of rotatable bonds is 16. The molecule has 2 heterocycles. The maximum Gasteiger partial charge on any atom is 0.273 e. The lowest BCUT2D eigenvalue weighted by atomic mass is 9.83. The van der Waals surface area contributed by atoms with E-state index in [1.807, 2.05) is 0 Å². The zero-order chi connectivity index (χ0) is 37.5. The zero-order valence-electron chi connectivity index (χ0n) is 27.8. The van der Waals surface area contributed by atoms with Crippen LogP contribution < -0.4 is 38.9 Å². The first-order chi connectivity index (χ1) is 23.5. The van der Waals surface area contributed by atoms with Crippen LogP contribution in [0.4, 0.5) is 0 Å². The summed E-state index contributed by atoms with van der Waals surface area (Å²) < 4.78 is 23.1. The van der Waals surface area contributed by atoms with Crippen molar-refractivity contribution < 1.29 is 69.7 Å². The first-order valence-corrected chi connectivity index (χ1v) is 16.6. The van der Waals surface area contributed by atoms with Gasteiger partial charge in [-0.1, -0.05) is 6.92 Å². The maximum atomic E-state index is 13.2. The Morgan fingerprint density at radius 1 is 0.960 bits per heavy atom. The molecule has 17 atom stereocenters. The monoisotopic (exact) mass is 728 g/mol. The summed E-state index contributed by atoms with van der Waals surface area (Å²) in [6, 6.07) is -3.80. The summed E-state index contributed by atoms with van der Waals surface area (Å²) in [6.07, 6.45) is -19.4. The van der Waals surface area contributed by atoms with Crippen LogP contribution in [0.1, 0.15) is 32.6 Å². The van der Waals surface area contributed by atoms with E-state index in [2.05, 4.69) is 16.0 Å². The molecule has 1 amide bonds. The summed E-state index contributed by atoms with van der Waals surface area (Å²) in [5, 5.41) is 110. The van der Waals surface area contributed by atoms with Crippen LogP contribution in [-0.4, -0.2) is 188 Å². The minimum absolute atomic E-state index is 0.0900. The molecule has 1 saturated carbocycles. The fraction of sp³-hybridized carbons (Fsp3) is 0.929. The molecular formula is C28H56N8O14. The molecule has 0 aromatic carbocycles. The van der Waals surface area contributed by atoms with Crippen LogP contribution in [0.2, 0.25) is 0 Å². The maximum absolute atomic E-state index is 13.2. The van der Waals surface area contributed by atoms with E-state index in [4.69, 9.17) is 47.3 Å². The molecule has 0 aromatic rings. The Labute approximate surface area is 288 Å². The number of carbonyl (C=O) groups is 1. The number of hydrogen-bond acceptors (Lipinski definition) is 19. The van der Waals surface area contributed by atoms with Gasteiger partial charge >= 0.3 is 0 Å². The van der Waals surface area contributed by atoms with Gasteiger partial charge in [0.25, 0.3) is 5.91 Å². The summed E-state index contributed by atoms with van der Waals surface area (Å²) in [5.74, 6) is -1.81. The Balaban J connectivity index is 1.84. The average molecular weight is 729 g/mol. The molecule has 21 N–H and O–H groups in total. The SMILES string of the molecule is CCC(O)(NC(=N)N)C(=O)N[C@@H]1C[C@H](N)C(O[C@H]2O[C@H](CNCC(O)CCCN)[C@@H](O)[C@H](O)[C@H]2O)[C@H](O)[C@H]1O[C@H]1O[C@H](CO)[C@@H](O)[C@H](N)[C@H]1O. The largest absolute Gasteiger partial charge is 0.394 e. The molecule has 0 aromatic heterocycles. The first-order valence-electron chi connectivity index (χ1n) is 16.6. The van der Waals surface area contributed by atoms with Crippen molar-refractivity contribution in [3.05, 3.63) is 0 Å². The number of ether oxygens (including phenoxy) is 4. The quantitative estimate of drug-likeness (QED) is 0.0398. The van der Waals surface area contributed by atoms with Gasteiger partial charge in [0.15, 0.2) is 18.5 Å². The van der Waals surface area contributed by atoms with Crippen molar-refractivity contribution in [1.29, 1.82) is 5.41 Å².